The molecule has 0 fully saturated rings. The van der Waals surface area contributed by atoms with Gasteiger partial charge in [-0.05, 0) is 36.8 Å². The Hall–Kier alpha value is -4.19. The summed E-state index contributed by atoms with van der Waals surface area (Å²) >= 11 is 12.0. The van der Waals surface area contributed by atoms with Crippen LogP contribution in [-0.2, 0) is 18.4 Å². The Morgan fingerprint density at radius 3 is 2.71 bits per heavy atom. The van der Waals surface area contributed by atoms with Crippen LogP contribution in [0.4, 0.5) is 11.4 Å². The van der Waals surface area contributed by atoms with Crippen molar-refractivity contribution in [3.05, 3.63) is 87.4 Å². The van der Waals surface area contributed by atoms with Crippen molar-refractivity contribution in [2.75, 3.05) is 10.3 Å². The number of aryl methyl sites for hydroxylation is 1. The molecule has 4 aromatic rings. The van der Waals surface area contributed by atoms with Crippen molar-refractivity contribution >= 4 is 40.5 Å². The molecular weight excluding hydrogens is 565 g/mol. The molecule has 1 unspecified atom stereocenters. The van der Waals surface area contributed by atoms with Gasteiger partial charge in [0.15, 0.2) is 0 Å². The van der Waals surface area contributed by atoms with Crippen LogP contribution in [0.5, 0.6) is 0 Å². The van der Waals surface area contributed by atoms with Crippen molar-refractivity contribution in [1.82, 2.24) is 24.3 Å². The topological polar surface area (TPSA) is 150 Å². The van der Waals surface area contributed by atoms with Crippen LogP contribution < -0.4 is 27.5 Å². The third kappa shape index (κ3) is 7.12. The number of carbonyl (C=O) groups is 1. The molecule has 0 saturated carbocycles. The summed E-state index contributed by atoms with van der Waals surface area (Å²) in [5.41, 5.74) is 9.11. The van der Waals surface area contributed by atoms with Gasteiger partial charge in [-0.2, -0.15) is 5.10 Å². The molecule has 0 saturated heterocycles. The molecule has 5 N–H and O–H groups in total. The summed E-state index contributed by atoms with van der Waals surface area (Å²) in [5.74, 6) is 5.89. The predicted molar refractivity (Wildman–Crippen MR) is 162 cm³/mol. The van der Waals surface area contributed by atoms with Crippen molar-refractivity contribution in [3.8, 4) is 22.6 Å². The maximum absolute atomic E-state index is 13.1. The molecular formula is C28H31Cl2N9O2. The number of anilines is 2. The molecule has 0 aliphatic carbocycles. The number of rotatable bonds is 10. The minimum atomic E-state index is -0.303. The van der Waals surface area contributed by atoms with Gasteiger partial charge in [-0.15, -0.1) is 0 Å². The summed E-state index contributed by atoms with van der Waals surface area (Å²) in [6.07, 6.45) is 6.09. The van der Waals surface area contributed by atoms with Gasteiger partial charge in [-0.3, -0.25) is 23.8 Å². The van der Waals surface area contributed by atoms with E-state index >= 15 is 0 Å². The van der Waals surface area contributed by atoms with Gasteiger partial charge in [0, 0.05) is 29.6 Å². The molecule has 1 amide bonds. The number of aromatic nitrogens is 5. The number of pyridine rings is 1. The van der Waals surface area contributed by atoms with Crippen LogP contribution in [0, 0.1) is 5.92 Å². The van der Waals surface area contributed by atoms with Gasteiger partial charge in [-0.1, -0.05) is 49.5 Å². The first-order valence-corrected chi connectivity index (χ1v) is 13.6. The predicted octanol–water partition coefficient (Wildman–Crippen LogP) is 4.46. The Kier molecular flexibility index (Phi) is 9.43. The van der Waals surface area contributed by atoms with Crippen molar-refractivity contribution in [3.63, 3.8) is 0 Å². The molecule has 3 heterocycles. The van der Waals surface area contributed by atoms with Gasteiger partial charge in [0.1, 0.15) is 10.9 Å². The Balaban J connectivity index is 1.61. The molecule has 3 aromatic heterocycles. The molecule has 0 spiro atoms. The molecule has 1 aromatic carbocycles. The van der Waals surface area contributed by atoms with Crippen LogP contribution in [0.15, 0.2) is 71.1 Å². The van der Waals surface area contributed by atoms with Gasteiger partial charge >= 0.3 is 0 Å². The lowest BCUT2D eigenvalue weighted by Crippen LogP contribution is -2.26. The first-order chi connectivity index (χ1) is 19.6. The van der Waals surface area contributed by atoms with E-state index < -0.39 is 0 Å². The third-order valence-corrected chi connectivity index (χ3v) is 6.73. The van der Waals surface area contributed by atoms with E-state index in [9.17, 15) is 9.59 Å². The van der Waals surface area contributed by atoms with Crippen molar-refractivity contribution in [1.29, 1.82) is 0 Å². The number of hydrogen-bond donors (Lipinski definition) is 3. The lowest BCUT2D eigenvalue weighted by atomic mass is 10.1. The normalized spacial score (nSPS) is 12.3. The number of benzene rings is 1. The van der Waals surface area contributed by atoms with Gasteiger partial charge in [0.05, 0.1) is 53.7 Å². The van der Waals surface area contributed by atoms with Gasteiger partial charge in [-0.25, -0.2) is 15.8 Å². The maximum atomic E-state index is 13.1. The summed E-state index contributed by atoms with van der Waals surface area (Å²) in [5, 5.41) is 8.95. The Morgan fingerprint density at radius 1 is 1.22 bits per heavy atom. The van der Waals surface area contributed by atoms with E-state index in [4.69, 9.17) is 39.8 Å². The zero-order valence-corrected chi connectivity index (χ0v) is 24.4. The van der Waals surface area contributed by atoms with E-state index in [0.717, 1.165) is 12.8 Å². The standard InChI is InChI=1S/C28H31Cl2N9O2/c1-4-6-17(2)28(41)36-23-13-34-37(3)27(23)21-8-5-7-19(35-21)14-38-16-33-22(12-26(38)40)20-11-18(29)9-10-24(20)39(32)15-25(30)31/h5,7-13,15-17H,4,6,14,31-32H2,1-3H3,(H,36,41)/b25-15-. The highest BCUT2D eigenvalue weighted by Gasteiger charge is 2.19. The highest BCUT2D eigenvalue weighted by atomic mass is 35.5. The molecule has 0 aliphatic rings. The van der Waals surface area contributed by atoms with Crippen LogP contribution in [0.2, 0.25) is 5.02 Å². The number of nitrogens with two attached hydrogens (primary N) is 2. The summed E-state index contributed by atoms with van der Waals surface area (Å²) in [6.45, 7) is 4.11. The summed E-state index contributed by atoms with van der Waals surface area (Å²) in [6, 6.07) is 11.9. The average Bonchev–Trinajstić information content (AvgIpc) is 3.29. The van der Waals surface area contributed by atoms with Gasteiger partial charge in [0.2, 0.25) is 5.91 Å². The van der Waals surface area contributed by atoms with Crippen molar-refractivity contribution < 1.29 is 4.79 Å². The fraction of sp³-hybridized carbons (Fsp3) is 0.250. The summed E-state index contributed by atoms with van der Waals surface area (Å²) in [4.78, 5) is 35.0. The van der Waals surface area contributed by atoms with E-state index in [1.165, 1.54) is 28.2 Å². The summed E-state index contributed by atoms with van der Waals surface area (Å²) < 4.78 is 3.10. The molecule has 0 bridgehead atoms. The maximum Gasteiger partial charge on any atom is 0.254 e. The number of nitrogens with one attached hydrogen (secondary N) is 1. The van der Waals surface area contributed by atoms with E-state index in [2.05, 4.69) is 15.4 Å². The Bertz CT molecular complexity index is 1640. The second kappa shape index (κ2) is 13.0. The molecule has 0 radical (unpaired) electrons. The lowest BCUT2D eigenvalue weighted by Gasteiger charge is -2.18. The van der Waals surface area contributed by atoms with E-state index in [1.54, 1.807) is 36.1 Å². The summed E-state index contributed by atoms with van der Waals surface area (Å²) in [7, 11) is 1.78. The quantitative estimate of drug-likeness (QED) is 0.138. The number of amides is 1. The van der Waals surface area contributed by atoms with E-state index in [-0.39, 0.29) is 29.1 Å². The number of carbonyl (C=O) groups excluding carboxylic acids is 1. The molecule has 1 atom stereocenters. The Labute approximate surface area is 247 Å². The number of nitrogens with zero attached hydrogens (tertiary/aromatic N) is 6. The van der Waals surface area contributed by atoms with E-state index in [0.29, 0.717) is 44.7 Å². The molecule has 214 valence electrons. The first kappa shape index (κ1) is 29.8. The lowest BCUT2D eigenvalue weighted by molar-refractivity contribution is -0.119. The van der Waals surface area contributed by atoms with Crippen LogP contribution in [-0.4, -0.2) is 30.2 Å². The molecule has 4 rings (SSSR count). The fourth-order valence-electron chi connectivity index (χ4n) is 4.36. The Morgan fingerprint density at radius 2 is 2.00 bits per heavy atom. The average molecular weight is 597 g/mol. The van der Waals surface area contributed by atoms with Gasteiger partial charge in [0.25, 0.3) is 5.56 Å². The smallest absolute Gasteiger partial charge is 0.254 e. The number of halogens is 2. The van der Waals surface area contributed by atoms with E-state index in [1.807, 2.05) is 32.0 Å². The second-order valence-electron chi connectivity index (χ2n) is 9.55. The minimum absolute atomic E-state index is 0.0156. The SMILES string of the molecule is CCCC(C)C(=O)Nc1cnn(C)c1-c1cccc(Cn2cnc(-c3cc(Cl)ccc3N(N)/C=C(\N)Cl)cc2=O)n1. The number of hydrogen-bond acceptors (Lipinski definition) is 8. The highest BCUT2D eigenvalue weighted by molar-refractivity contribution is 6.31. The molecule has 11 nitrogen and oxygen atoms in total. The zero-order valence-electron chi connectivity index (χ0n) is 22.9. The van der Waals surface area contributed by atoms with Gasteiger partial charge < -0.3 is 11.1 Å². The van der Waals surface area contributed by atoms with Crippen LogP contribution in [0.25, 0.3) is 22.6 Å². The second-order valence-corrected chi connectivity index (χ2v) is 10.4. The molecule has 0 aliphatic heterocycles. The monoisotopic (exact) mass is 595 g/mol. The molecule has 13 heteroatoms. The van der Waals surface area contributed by atoms with Crippen molar-refractivity contribution in [2.45, 2.75) is 33.2 Å². The van der Waals surface area contributed by atoms with Crippen molar-refractivity contribution in [2.24, 2.45) is 24.5 Å². The first-order valence-electron chi connectivity index (χ1n) is 12.9. The molecule has 41 heavy (non-hydrogen) atoms. The number of hydrazine groups is 1. The van der Waals surface area contributed by atoms with Crippen LogP contribution in [0.3, 0.4) is 0 Å². The van der Waals surface area contributed by atoms with Crippen LogP contribution in [0.1, 0.15) is 32.4 Å². The fourth-order valence-corrected chi connectivity index (χ4v) is 4.64. The highest BCUT2D eigenvalue weighted by Crippen LogP contribution is 2.31. The van der Waals surface area contributed by atoms with Crippen LogP contribution >= 0.6 is 23.2 Å². The largest absolute Gasteiger partial charge is 0.388 e. The zero-order chi connectivity index (χ0) is 29.7. The third-order valence-electron chi connectivity index (χ3n) is 6.40. The minimum Gasteiger partial charge on any atom is -0.388 e.